The van der Waals surface area contributed by atoms with Gasteiger partial charge in [-0.3, -0.25) is 0 Å². The Hall–Kier alpha value is -1.55. The van der Waals surface area contributed by atoms with Crippen molar-refractivity contribution in [2.75, 3.05) is 18.4 Å². The van der Waals surface area contributed by atoms with Crippen LogP contribution >= 0.6 is 0 Å². The van der Waals surface area contributed by atoms with Gasteiger partial charge < -0.3 is 16.4 Å². The number of rotatable bonds is 3. The fraction of sp³-hybridized carbons (Fsp3) is 0.417. The summed E-state index contributed by atoms with van der Waals surface area (Å²) < 4.78 is 0. The summed E-state index contributed by atoms with van der Waals surface area (Å²) in [6.07, 6.45) is 2.29. The van der Waals surface area contributed by atoms with E-state index in [1.807, 2.05) is 18.2 Å². The summed E-state index contributed by atoms with van der Waals surface area (Å²) in [6.45, 7) is 2.21. The minimum Gasteiger partial charge on any atom is -0.351 e. The molecule has 0 saturated carbocycles. The first-order valence-electron chi connectivity index (χ1n) is 5.60. The first-order chi connectivity index (χ1) is 7.74. The Morgan fingerprint density at radius 2 is 2.44 bits per heavy atom. The van der Waals surface area contributed by atoms with E-state index in [-0.39, 0.29) is 0 Å². The fourth-order valence-corrected chi connectivity index (χ4v) is 2.14. The second-order valence-electron chi connectivity index (χ2n) is 4.25. The highest BCUT2D eigenvalue weighted by Gasteiger charge is 2.14. The van der Waals surface area contributed by atoms with Crippen molar-refractivity contribution in [3.8, 4) is 0 Å². The average molecular weight is 219 g/mol. The molecule has 1 saturated heterocycles. The number of amides is 2. The molecule has 1 fully saturated rings. The first-order valence-corrected chi connectivity index (χ1v) is 5.60. The van der Waals surface area contributed by atoms with E-state index in [0.29, 0.717) is 5.92 Å². The number of hydrogen-bond donors (Lipinski definition) is 3. The van der Waals surface area contributed by atoms with Crippen LogP contribution in [0.25, 0.3) is 0 Å². The Balaban J connectivity index is 2.00. The molecule has 2 rings (SSSR count). The fourth-order valence-electron chi connectivity index (χ4n) is 2.14. The molecule has 1 unspecified atom stereocenters. The van der Waals surface area contributed by atoms with Gasteiger partial charge in [0.15, 0.2) is 0 Å². The zero-order valence-corrected chi connectivity index (χ0v) is 9.20. The van der Waals surface area contributed by atoms with Crippen molar-refractivity contribution in [2.45, 2.75) is 12.8 Å². The highest BCUT2D eigenvalue weighted by Crippen LogP contribution is 2.17. The summed E-state index contributed by atoms with van der Waals surface area (Å²) in [5.41, 5.74) is 7.10. The highest BCUT2D eigenvalue weighted by molar-refractivity contribution is 5.87. The van der Waals surface area contributed by atoms with Crippen LogP contribution in [0.4, 0.5) is 10.5 Å². The molecule has 1 aliphatic heterocycles. The van der Waals surface area contributed by atoms with E-state index >= 15 is 0 Å². The van der Waals surface area contributed by atoms with Gasteiger partial charge in [0, 0.05) is 5.69 Å². The lowest BCUT2D eigenvalue weighted by molar-refractivity contribution is 0.259. The van der Waals surface area contributed by atoms with E-state index in [1.54, 1.807) is 0 Å². The normalized spacial score (nSPS) is 19.6. The number of nitrogens with one attached hydrogen (secondary N) is 2. The molecular formula is C12H17N3O. The van der Waals surface area contributed by atoms with Crippen molar-refractivity contribution >= 4 is 11.7 Å². The van der Waals surface area contributed by atoms with Gasteiger partial charge in [-0.1, -0.05) is 12.1 Å². The number of anilines is 1. The highest BCUT2D eigenvalue weighted by atomic mass is 16.2. The predicted molar refractivity (Wildman–Crippen MR) is 64.3 cm³/mol. The van der Waals surface area contributed by atoms with Gasteiger partial charge in [-0.15, -0.1) is 0 Å². The summed E-state index contributed by atoms with van der Waals surface area (Å²) in [7, 11) is 0. The maximum absolute atomic E-state index is 10.7. The van der Waals surface area contributed by atoms with E-state index in [2.05, 4.69) is 16.7 Å². The van der Waals surface area contributed by atoms with Gasteiger partial charge in [-0.05, 0) is 49.5 Å². The molecule has 0 radical (unpaired) electrons. The molecule has 1 aliphatic rings. The number of carbonyl (C=O) groups is 1. The maximum atomic E-state index is 10.7. The lowest BCUT2D eigenvalue weighted by Crippen LogP contribution is -2.19. The van der Waals surface area contributed by atoms with Crippen LogP contribution in [0, 0.1) is 5.92 Å². The minimum absolute atomic E-state index is 0.514. The van der Waals surface area contributed by atoms with Crippen LogP contribution in [-0.2, 0) is 6.42 Å². The van der Waals surface area contributed by atoms with Crippen molar-refractivity contribution in [3.63, 3.8) is 0 Å². The van der Waals surface area contributed by atoms with Gasteiger partial charge in [-0.2, -0.15) is 0 Å². The smallest absolute Gasteiger partial charge is 0.316 e. The third-order valence-corrected chi connectivity index (χ3v) is 2.88. The maximum Gasteiger partial charge on any atom is 0.316 e. The van der Waals surface area contributed by atoms with Crippen LogP contribution in [0.1, 0.15) is 12.0 Å². The molecule has 1 aromatic carbocycles. The van der Waals surface area contributed by atoms with Crippen LogP contribution < -0.4 is 16.4 Å². The Morgan fingerprint density at radius 3 is 3.12 bits per heavy atom. The topological polar surface area (TPSA) is 67.2 Å². The van der Waals surface area contributed by atoms with Crippen molar-refractivity contribution in [2.24, 2.45) is 11.7 Å². The lowest BCUT2D eigenvalue weighted by atomic mass is 9.98. The zero-order valence-electron chi connectivity index (χ0n) is 9.20. The predicted octanol–water partition coefficient (Wildman–Crippen LogP) is 1.33. The molecule has 16 heavy (non-hydrogen) atoms. The number of urea groups is 1. The number of primary amides is 1. The summed E-state index contributed by atoms with van der Waals surface area (Å²) >= 11 is 0. The molecule has 1 aromatic rings. The molecule has 0 bridgehead atoms. The third-order valence-electron chi connectivity index (χ3n) is 2.88. The van der Waals surface area contributed by atoms with Crippen LogP contribution in [0.15, 0.2) is 24.3 Å². The van der Waals surface area contributed by atoms with Crippen LogP contribution in [-0.4, -0.2) is 19.1 Å². The van der Waals surface area contributed by atoms with Crippen LogP contribution in [0.3, 0.4) is 0 Å². The van der Waals surface area contributed by atoms with Gasteiger partial charge in [0.25, 0.3) is 0 Å². The molecule has 0 aliphatic carbocycles. The summed E-state index contributed by atoms with van der Waals surface area (Å²) in [5.74, 6) is 0.712. The van der Waals surface area contributed by atoms with E-state index < -0.39 is 6.03 Å². The Morgan fingerprint density at radius 1 is 1.56 bits per heavy atom. The van der Waals surface area contributed by atoms with Gasteiger partial charge >= 0.3 is 6.03 Å². The van der Waals surface area contributed by atoms with Crippen molar-refractivity contribution in [1.29, 1.82) is 0 Å². The van der Waals surface area contributed by atoms with Crippen LogP contribution in [0.2, 0.25) is 0 Å². The number of nitrogens with two attached hydrogens (primary N) is 1. The molecule has 4 nitrogen and oxygen atoms in total. The van der Waals surface area contributed by atoms with Gasteiger partial charge in [-0.25, -0.2) is 4.79 Å². The molecule has 4 N–H and O–H groups in total. The molecule has 0 aromatic heterocycles. The van der Waals surface area contributed by atoms with Crippen molar-refractivity contribution in [3.05, 3.63) is 29.8 Å². The van der Waals surface area contributed by atoms with E-state index in [9.17, 15) is 4.79 Å². The van der Waals surface area contributed by atoms with E-state index in [1.165, 1.54) is 12.0 Å². The second kappa shape index (κ2) is 4.99. The Labute approximate surface area is 95.2 Å². The zero-order chi connectivity index (χ0) is 11.4. The quantitative estimate of drug-likeness (QED) is 0.718. The van der Waals surface area contributed by atoms with Gasteiger partial charge in [0.05, 0.1) is 0 Å². The Kier molecular flexibility index (Phi) is 3.41. The molecule has 86 valence electrons. The summed E-state index contributed by atoms with van der Waals surface area (Å²) in [5, 5.41) is 5.94. The summed E-state index contributed by atoms with van der Waals surface area (Å²) in [6, 6.07) is 7.36. The molecule has 1 heterocycles. The van der Waals surface area contributed by atoms with Crippen LogP contribution in [0.5, 0.6) is 0 Å². The Bertz CT molecular complexity index is 372. The van der Waals surface area contributed by atoms with Gasteiger partial charge in [0.1, 0.15) is 0 Å². The number of benzene rings is 1. The standard InChI is InChI=1S/C12H17N3O/c13-12(16)15-11-3-1-2-9(7-11)6-10-4-5-14-8-10/h1-3,7,10,14H,4-6,8H2,(H3,13,15,16). The van der Waals surface area contributed by atoms with E-state index in [4.69, 9.17) is 5.73 Å². The van der Waals surface area contributed by atoms with Gasteiger partial charge in [0.2, 0.25) is 0 Å². The molecule has 0 spiro atoms. The third kappa shape index (κ3) is 2.97. The molecule has 1 atom stereocenters. The number of carbonyl (C=O) groups excluding carboxylic acids is 1. The monoisotopic (exact) mass is 219 g/mol. The van der Waals surface area contributed by atoms with Crippen molar-refractivity contribution < 1.29 is 4.79 Å². The summed E-state index contributed by atoms with van der Waals surface area (Å²) in [4.78, 5) is 10.7. The number of hydrogen-bond acceptors (Lipinski definition) is 2. The average Bonchev–Trinajstić information content (AvgIpc) is 2.70. The lowest BCUT2D eigenvalue weighted by Gasteiger charge is -2.09. The molecule has 4 heteroatoms. The minimum atomic E-state index is -0.514. The first kappa shape index (κ1) is 11.0. The van der Waals surface area contributed by atoms with Crippen molar-refractivity contribution in [1.82, 2.24) is 5.32 Å². The van der Waals surface area contributed by atoms with E-state index in [0.717, 1.165) is 25.2 Å². The molecule has 2 amide bonds. The second-order valence-corrected chi connectivity index (χ2v) is 4.25. The largest absolute Gasteiger partial charge is 0.351 e. The molecular weight excluding hydrogens is 202 g/mol. The SMILES string of the molecule is NC(=O)Nc1cccc(CC2CCNC2)c1.